The maximum Gasteiger partial charge on any atom is 0.501 e. The molecule has 0 radical (unpaired) electrons. The fourth-order valence-electron chi connectivity index (χ4n) is 2.17. The molecule has 1 aromatic rings. The first kappa shape index (κ1) is 20.2. The third-order valence-electron chi connectivity index (χ3n) is 3.22. The van der Waals surface area contributed by atoms with Gasteiger partial charge in [0.2, 0.25) is 0 Å². The smallest absolute Gasteiger partial charge is 0.373 e. The lowest BCUT2D eigenvalue weighted by Crippen LogP contribution is -2.47. The van der Waals surface area contributed by atoms with E-state index in [1.807, 2.05) is 20.8 Å². The Morgan fingerprint density at radius 3 is 1.61 bits per heavy atom. The lowest BCUT2D eigenvalue weighted by atomic mass is 10.2. The van der Waals surface area contributed by atoms with E-state index in [0.29, 0.717) is 37.8 Å². The predicted molar refractivity (Wildman–Crippen MR) is 89.4 cm³/mol. The van der Waals surface area contributed by atoms with Crippen LogP contribution in [-0.2, 0) is 19.7 Å². The highest BCUT2D eigenvalue weighted by molar-refractivity contribution is 6.60. The summed E-state index contributed by atoms with van der Waals surface area (Å²) in [6, 6.07) is 4.10. The van der Waals surface area contributed by atoms with E-state index in [2.05, 4.69) is 0 Å². The second kappa shape index (κ2) is 10.9. The molecule has 0 aliphatic rings. The van der Waals surface area contributed by atoms with E-state index in [9.17, 15) is 8.78 Å². The van der Waals surface area contributed by atoms with Crippen LogP contribution < -0.4 is 0 Å². The third-order valence-corrected chi connectivity index (χ3v) is 6.01. The van der Waals surface area contributed by atoms with Crippen molar-refractivity contribution in [1.29, 1.82) is 0 Å². The zero-order valence-electron chi connectivity index (χ0n) is 14.4. The molecule has 0 fully saturated rings. The van der Waals surface area contributed by atoms with Gasteiger partial charge in [0.25, 0.3) is 0 Å². The summed E-state index contributed by atoms with van der Waals surface area (Å²) in [6.45, 7) is 7.79. The second-order valence-electron chi connectivity index (χ2n) is 5.51. The fourth-order valence-corrected chi connectivity index (χ4v) is 4.99. The van der Waals surface area contributed by atoms with Crippen molar-refractivity contribution in [2.75, 3.05) is 19.8 Å². The van der Waals surface area contributed by atoms with Crippen molar-refractivity contribution in [3.05, 3.63) is 35.4 Å². The monoisotopic (exact) mass is 346 g/mol. The van der Waals surface area contributed by atoms with Crippen molar-refractivity contribution in [1.82, 2.24) is 0 Å². The molecule has 0 saturated heterocycles. The normalized spacial score (nSPS) is 11.9. The summed E-state index contributed by atoms with van der Waals surface area (Å²) >= 11 is 0. The molecule has 0 aromatic heterocycles. The molecule has 0 spiro atoms. The van der Waals surface area contributed by atoms with Gasteiger partial charge in [-0.1, -0.05) is 20.8 Å². The van der Waals surface area contributed by atoms with E-state index in [4.69, 9.17) is 13.3 Å². The molecule has 0 unspecified atom stereocenters. The number of benzene rings is 1. The van der Waals surface area contributed by atoms with Crippen LogP contribution in [-0.4, -0.2) is 28.6 Å². The highest BCUT2D eigenvalue weighted by atomic mass is 28.4. The van der Waals surface area contributed by atoms with Crippen LogP contribution in [0.1, 0.15) is 45.6 Å². The lowest BCUT2D eigenvalue weighted by molar-refractivity contribution is 0.0593. The van der Waals surface area contributed by atoms with Crippen LogP contribution in [0.15, 0.2) is 18.2 Å². The Balaban J connectivity index is 2.82. The summed E-state index contributed by atoms with van der Waals surface area (Å²) in [5.74, 6) is -1.13. The minimum atomic E-state index is -2.82. The molecule has 0 saturated carbocycles. The van der Waals surface area contributed by atoms with E-state index < -0.39 is 20.4 Å². The zero-order valence-corrected chi connectivity index (χ0v) is 15.4. The topological polar surface area (TPSA) is 27.7 Å². The second-order valence-corrected chi connectivity index (χ2v) is 8.24. The molecular weight excluding hydrogens is 318 g/mol. The highest BCUT2D eigenvalue weighted by Crippen LogP contribution is 2.21. The number of aryl methyl sites for hydroxylation is 1. The molecule has 0 heterocycles. The van der Waals surface area contributed by atoms with Gasteiger partial charge >= 0.3 is 8.80 Å². The Morgan fingerprint density at radius 1 is 0.783 bits per heavy atom. The van der Waals surface area contributed by atoms with Crippen LogP contribution in [0.5, 0.6) is 0 Å². The van der Waals surface area contributed by atoms with Crippen LogP contribution >= 0.6 is 0 Å². The van der Waals surface area contributed by atoms with Crippen molar-refractivity contribution in [2.45, 2.75) is 52.5 Å². The molecule has 3 nitrogen and oxygen atoms in total. The summed E-state index contributed by atoms with van der Waals surface area (Å²) < 4.78 is 44.6. The molecule has 132 valence electrons. The standard InChI is InChI=1S/C17H28F2O3Si/c1-4-8-20-23(21-9-5-2,22-10-6-3)11-7-15-12-16(18)14-17(19)13-15/h12-14H,4-11H2,1-3H3. The minimum Gasteiger partial charge on any atom is -0.373 e. The van der Waals surface area contributed by atoms with Gasteiger partial charge in [0.05, 0.1) is 0 Å². The van der Waals surface area contributed by atoms with E-state index in [0.717, 1.165) is 25.3 Å². The average Bonchev–Trinajstić information content (AvgIpc) is 2.53. The number of hydrogen-bond donors (Lipinski definition) is 0. The van der Waals surface area contributed by atoms with Crippen molar-refractivity contribution < 1.29 is 22.1 Å². The Hall–Kier alpha value is -0.823. The number of rotatable bonds is 12. The molecule has 0 aliphatic heterocycles. The quantitative estimate of drug-likeness (QED) is 0.512. The van der Waals surface area contributed by atoms with E-state index in [1.165, 1.54) is 12.1 Å². The first-order valence-electron chi connectivity index (χ1n) is 8.42. The van der Waals surface area contributed by atoms with Crippen molar-refractivity contribution in [3.8, 4) is 0 Å². The molecule has 0 atom stereocenters. The van der Waals surface area contributed by atoms with Crippen molar-refractivity contribution in [3.63, 3.8) is 0 Å². The molecular formula is C17H28F2O3Si. The average molecular weight is 346 g/mol. The molecule has 1 aromatic carbocycles. The summed E-state index contributed by atoms with van der Waals surface area (Å²) in [5, 5.41) is 0. The fraction of sp³-hybridized carbons (Fsp3) is 0.647. The third kappa shape index (κ3) is 7.52. The molecule has 0 aliphatic carbocycles. The van der Waals surface area contributed by atoms with Crippen molar-refractivity contribution >= 4 is 8.80 Å². The van der Waals surface area contributed by atoms with Gasteiger partial charge < -0.3 is 13.3 Å². The van der Waals surface area contributed by atoms with E-state index in [-0.39, 0.29) is 0 Å². The number of halogens is 2. The van der Waals surface area contributed by atoms with Gasteiger partial charge in [0, 0.05) is 31.9 Å². The van der Waals surface area contributed by atoms with Crippen LogP contribution in [0.2, 0.25) is 6.04 Å². The Bertz CT molecular complexity index is 415. The van der Waals surface area contributed by atoms with Crippen LogP contribution in [0.25, 0.3) is 0 Å². The summed E-state index contributed by atoms with van der Waals surface area (Å²) in [7, 11) is -2.82. The lowest BCUT2D eigenvalue weighted by Gasteiger charge is -2.29. The predicted octanol–water partition coefficient (Wildman–Crippen LogP) is 4.73. The largest absolute Gasteiger partial charge is 0.501 e. The van der Waals surface area contributed by atoms with Gasteiger partial charge in [-0.25, -0.2) is 8.78 Å². The SMILES string of the molecule is CCCO[Si](CCc1cc(F)cc(F)c1)(OCCC)OCCC. The van der Waals surface area contributed by atoms with Gasteiger partial charge in [-0.05, 0) is 43.4 Å². The Labute approximate surface area is 139 Å². The Morgan fingerprint density at radius 2 is 1.22 bits per heavy atom. The molecule has 23 heavy (non-hydrogen) atoms. The van der Waals surface area contributed by atoms with Crippen molar-refractivity contribution in [2.24, 2.45) is 0 Å². The van der Waals surface area contributed by atoms with Crippen LogP contribution in [0.3, 0.4) is 0 Å². The Kier molecular flexibility index (Phi) is 9.55. The van der Waals surface area contributed by atoms with Crippen LogP contribution in [0.4, 0.5) is 8.78 Å². The minimum absolute atomic E-state index is 0.470. The summed E-state index contributed by atoms with van der Waals surface area (Å²) in [5.41, 5.74) is 0.597. The molecule has 0 bridgehead atoms. The zero-order chi connectivity index (χ0) is 17.1. The van der Waals surface area contributed by atoms with Gasteiger partial charge in [-0.15, -0.1) is 0 Å². The van der Waals surface area contributed by atoms with Gasteiger partial charge in [-0.2, -0.15) is 0 Å². The van der Waals surface area contributed by atoms with Gasteiger partial charge in [-0.3, -0.25) is 0 Å². The molecule has 1 rings (SSSR count). The molecule has 0 N–H and O–H groups in total. The highest BCUT2D eigenvalue weighted by Gasteiger charge is 2.40. The molecule has 6 heteroatoms. The van der Waals surface area contributed by atoms with E-state index >= 15 is 0 Å². The van der Waals surface area contributed by atoms with Crippen LogP contribution in [0, 0.1) is 11.6 Å². The van der Waals surface area contributed by atoms with E-state index in [1.54, 1.807) is 0 Å². The first-order chi connectivity index (χ1) is 11.0. The summed E-state index contributed by atoms with van der Waals surface area (Å²) in [4.78, 5) is 0. The van der Waals surface area contributed by atoms with Gasteiger partial charge in [0.15, 0.2) is 0 Å². The maximum atomic E-state index is 13.3. The first-order valence-corrected chi connectivity index (χ1v) is 10.3. The van der Waals surface area contributed by atoms with Gasteiger partial charge in [0.1, 0.15) is 11.6 Å². The maximum absolute atomic E-state index is 13.3. The number of hydrogen-bond acceptors (Lipinski definition) is 3. The molecule has 0 amide bonds. The summed E-state index contributed by atoms with van der Waals surface area (Å²) in [6.07, 6.45) is 3.08.